The zero-order chi connectivity index (χ0) is 23.4. The first kappa shape index (κ1) is 23.4. The van der Waals surface area contributed by atoms with Crippen LogP contribution in [0, 0.1) is 5.92 Å². The first-order valence-electron chi connectivity index (χ1n) is 10.4. The fourth-order valence-electron chi connectivity index (χ4n) is 3.81. The van der Waals surface area contributed by atoms with Gasteiger partial charge in [0.25, 0.3) is 0 Å². The lowest BCUT2D eigenvalue weighted by molar-refractivity contribution is -0.139. The maximum Gasteiger partial charge on any atom is 0.341 e. The molecule has 0 aliphatic carbocycles. The van der Waals surface area contributed by atoms with Crippen molar-refractivity contribution in [3.63, 3.8) is 0 Å². The third kappa shape index (κ3) is 5.80. The van der Waals surface area contributed by atoms with Crippen LogP contribution in [0.1, 0.15) is 29.1 Å². The minimum atomic E-state index is -1.08. The van der Waals surface area contributed by atoms with Gasteiger partial charge in [0.1, 0.15) is 5.75 Å². The van der Waals surface area contributed by atoms with E-state index in [9.17, 15) is 9.59 Å². The molecule has 2 heterocycles. The van der Waals surface area contributed by atoms with Crippen LogP contribution in [0.15, 0.2) is 55.9 Å². The Kier molecular flexibility index (Phi) is 7.44. The third-order valence-electron chi connectivity index (χ3n) is 5.47. The lowest BCUT2D eigenvalue weighted by Gasteiger charge is -2.31. The van der Waals surface area contributed by atoms with Gasteiger partial charge in [-0.1, -0.05) is 35.5 Å². The van der Waals surface area contributed by atoms with Crippen LogP contribution < -0.4 is 4.74 Å². The van der Waals surface area contributed by atoms with Crippen LogP contribution in [0.25, 0.3) is 11.4 Å². The van der Waals surface area contributed by atoms with Crippen LogP contribution >= 0.6 is 31.9 Å². The number of likely N-dealkylation sites (tertiary alicyclic amines) is 1. The highest BCUT2D eigenvalue weighted by atomic mass is 79.9. The molecule has 1 amide bonds. The van der Waals surface area contributed by atoms with Crippen LogP contribution in [0.3, 0.4) is 0 Å². The number of carboxylic acid groups (broad SMARTS) is 1. The highest BCUT2D eigenvalue weighted by Crippen LogP contribution is 2.37. The number of nitrogens with zero attached hydrogens (tertiary/aromatic N) is 3. The summed E-state index contributed by atoms with van der Waals surface area (Å²) in [5.41, 5.74) is 1.90. The number of aromatic nitrogens is 2. The molecule has 1 fully saturated rings. The Bertz CT molecular complexity index is 1120. The number of ether oxygens (including phenoxy) is 1. The van der Waals surface area contributed by atoms with Gasteiger partial charge in [-0.05, 0) is 74.7 Å². The summed E-state index contributed by atoms with van der Waals surface area (Å²) in [5, 5.41) is 12.8. The maximum absolute atomic E-state index is 12.9. The highest BCUT2D eigenvalue weighted by molar-refractivity contribution is 9.11. The van der Waals surface area contributed by atoms with Crippen LogP contribution in [0.5, 0.6) is 5.75 Å². The quantitative estimate of drug-likeness (QED) is 0.428. The minimum Gasteiger partial charge on any atom is -0.480 e. The van der Waals surface area contributed by atoms with Crippen LogP contribution in [0.2, 0.25) is 0 Å². The Morgan fingerprint density at radius 2 is 1.79 bits per heavy atom. The average Bonchev–Trinajstić information content (AvgIpc) is 3.29. The summed E-state index contributed by atoms with van der Waals surface area (Å²) in [6.07, 6.45) is 2.88. The Hall–Kier alpha value is -2.72. The van der Waals surface area contributed by atoms with Crippen LogP contribution in [-0.4, -0.2) is 51.7 Å². The van der Waals surface area contributed by atoms with Crippen LogP contribution in [0.4, 0.5) is 0 Å². The number of carbonyl (C=O) groups is 2. The number of amides is 1. The van der Waals surface area contributed by atoms with E-state index in [2.05, 4.69) is 66.3 Å². The summed E-state index contributed by atoms with van der Waals surface area (Å²) in [4.78, 5) is 29.7. The van der Waals surface area contributed by atoms with Gasteiger partial charge in [0.05, 0.1) is 8.95 Å². The van der Waals surface area contributed by atoms with E-state index >= 15 is 0 Å². The SMILES string of the molecule is O=C(O)COc1c(Br)cc(-c2noc(C(=O)N3CCC(Cc4ccccc4)CC3)n2)cc1Br. The van der Waals surface area contributed by atoms with Crippen molar-refractivity contribution in [3.05, 3.63) is 62.9 Å². The van der Waals surface area contributed by atoms with Crippen molar-refractivity contribution in [2.45, 2.75) is 19.3 Å². The normalized spacial score (nSPS) is 14.3. The van der Waals surface area contributed by atoms with Crippen molar-refractivity contribution in [3.8, 4) is 17.1 Å². The van der Waals surface area contributed by atoms with Gasteiger partial charge < -0.3 is 19.3 Å². The molecule has 0 saturated carbocycles. The Morgan fingerprint density at radius 1 is 1.12 bits per heavy atom. The first-order chi connectivity index (χ1) is 15.9. The Morgan fingerprint density at radius 3 is 2.42 bits per heavy atom. The third-order valence-corrected chi connectivity index (χ3v) is 6.65. The standard InChI is InChI=1S/C23H21Br2N3O5/c24-17-11-16(12-18(25)20(17)32-13-19(29)30)21-26-22(33-27-21)23(31)28-8-6-15(7-9-28)10-14-4-2-1-3-5-14/h1-5,11-12,15H,6-10,13H2,(H,29,30). The molecule has 1 aliphatic heterocycles. The molecule has 2 aromatic carbocycles. The monoisotopic (exact) mass is 577 g/mol. The number of carboxylic acids is 1. The molecule has 1 N–H and O–H groups in total. The predicted octanol–water partition coefficient (Wildman–Crippen LogP) is 4.82. The van der Waals surface area contributed by atoms with Gasteiger partial charge in [0.2, 0.25) is 5.82 Å². The smallest absolute Gasteiger partial charge is 0.341 e. The summed E-state index contributed by atoms with van der Waals surface area (Å²) >= 11 is 6.73. The molecule has 10 heteroatoms. The number of carbonyl (C=O) groups excluding carboxylic acids is 1. The number of hydrogen-bond acceptors (Lipinski definition) is 6. The molecule has 3 aromatic rings. The Balaban J connectivity index is 1.39. The number of halogens is 2. The molecule has 4 rings (SSSR count). The first-order valence-corrected chi connectivity index (χ1v) is 12.0. The molecule has 0 atom stereocenters. The van der Waals surface area contributed by atoms with Gasteiger partial charge in [-0.3, -0.25) is 4.79 Å². The van der Waals surface area contributed by atoms with Crippen molar-refractivity contribution >= 4 is 43.7 Å². The minimum absolute atomic E-state index is 0.0510. The second-order valence-electron chi connectivity index (χ2n) is 7.80. The van der Waals surface area contributed by atoms with Gasteiger partial charge in [-0.2, -0.15) is 4.98 Å². The molecular formula is C23H21Br2N3O5. The molecule has 1 aromatic heterocycles. The fourth-order valence-corrected chi connectivity index (χ4v) is 5.23. The number of rotatable bonds is 7. The lowest BCUT2D eigenvalue weighted by atomic mass is 9.90. The van der Waals surface area contributed by atoms with Crippen molar-refractivity contribution in [2.75, 3.05) is 19.7 Å². The Labute approximate surface area is 207 Å². The summed E-state index contributed by atoms with van der Waals surface area (Å²) in [6, 6.07) is 13.7. The molecule has 0 radical (unpaired) electrons. The van der Waals surface area contributed by atoms with E-state index in [0.29, 0.717) is 39.3 Å². The topological polar surface area (TPSA) is 106 Å². The number of piperidine rings is 1. The van der Waals surface area contributed by atoms with E-state index in [1.165, 1.54) is 5.56 Å². The predicted molar refractivity (Wildman–Crippen MR) is 127 cm³/mol. The van der Waals surface area contributed by atoms with Gasteiger partial charge in [0.15, 0.2) is 6.61 Å². The molecule has 8 nitrogen and oxygen atoms in total. The largest absolute Gasteiger partial charge is 0.480 e. The summed E-state index contributed by atoms with van der Waals surface area (Å²) in [6.45, 7) is 0.834. The second-order valence-corrected chi connectivity index (χ2v) is 9.51. The van der Waals surface area contributed by atoms with Gasteiger partial charge in [0, 0.05) is 18.7 Å². The van der Waals surface area contributed by atoms with E-state index in [-0.39, 0.29) is 17.6 Å². The number of aliphatic carboxylic acids is 1. The number of benzene rings is 2. The maximum atomic E-state index is 12.9. The summed E-state index contributed by atoms with van der Waals surface area (Å²) in [7, 11) is 0. The van der Waals surface area contributed by atoms with Gasteiger partial charge in [-0.15, -0.1) is 0 Å². The summed E-state index contributed by atoms with van der Waals surface area (Å²) < 4.78 is 11.6. The zero-order valence-corrected chi connectivity index (χ0v) is 20.7. The molecule has 1 aliphatic rings. The molecule has 0 spiro atoms. The molecule has 172 valence electrons. The van der Waals surface area contributed by atoms with Gasteiger partial charge in [-0.25, -0.2) is 4.79 Å². The number of hydrogen-bond donors (Lipinski definition) is 1. The molecule has 0 bridgehead atoms. The zero-order valence-electron chi connectivity index (χ0n) is 17.5. The van der Waals surface area contributed by atoms with Gasteiger partial charge >= 0.3 is 17.8 Å². The highest BCUT2D eigenvalue weighted by Gasteiger charge is 2.27. The molecular weight excluding hydrogens is 558 g/mol. The van der Waals surface area contributed by atoms with Crippen molar-refractivity contribution < 1.29 is 24.0 Å². The van der Waals surface area contributed by atoms with E-state index in [1.54, 1.807) is 17.0 Å². The summed E-state index contributed by atoms with van der Waals surface area (Å²) in [5.74, 6) is -0.256. The van der Waals surface area contributed by atoms with Crippen LogP contribution in [-0.2, 0) is 11.2 Å². The van der Waals surface area contributed by atoms with Crippen molar-refractivity contribution in [1.82, 2.24) is 15.0 Å². The second kappa shape index (κ2) is 10.5. The van der Waals surface area contributed by atoms with E-state index in [1.807, 2.05) is 6.07 Å². The van der Waals surface area contributed by atoms with E-state index in [0.717, 1.165) is 19.3 Å². The molecule has 33 heavy (non-hydrogen) atoms. The molecule has 0 unspecified atom stereocenters. The van der Waals surface area contributed by atoms with Crippen molar-refractivity contribution in [1.29, 1.82) is 0 Å². The lowest BCUT2D eigenvalue weighted by Crippen LogP contribution is -2.39. The fraction of sp³-hybridized carbons (Fsp3) is 0.304. The van der Waals surface area contributed by atoms with Crippen molar-refractivity contribution in [2.24, 2.45) is 5.92 Å². The van der Waals surface area contributed by atoms with E-state index < -0.39 is 12.6 Å². The molecule has 1 saturated heterocycles. The average molecular weight is 579 g/mol. The van der Waals surface area contributed by atoms with E-state index in [4.69, 9.17) is 14.4 Å².